The molecule has 0 amide bonds. The monoisotopic (exact) mass is 390 g/mol. The van der Waals surface area contributed by atoms with Gasteiger partial charge >= 0.3 is 0 Å². The summed E-state index contributed by atoms with van der Waals surface area (Å²) in [7, 11) is 0. The van der Waals surface area contributed by atoms with Gasteiger partial charge in [-0.2, -0.15) is 0 Å². The Labute approximate surface area is 169 Å². The van der Waals surface area contributed by atoms with Crippen LogP contribution in [0.2, 0.25) is 0 Å². The summed E-state index contributed by atoms with van der Waals surface area (Å²) >= 11 is 0. The van der Waals surface area contributed by atoms with Crippen LogP contribution in [-0.2, 0) is 24.4 Å². The van der Waals surface area contributed by atoms with E-state index in [1.807, 2.05) is 30.3 Å². The predicted octanol–water partition coefficient (Wildman–Crippen LogP) is 5.06. The van der Waals surface area contributed by atoms with Crippen LogP contribution in [-0.4, -0.2) is 6.61 Å². The van der Waals surface area contributed by atoms with Crippen LogP contribution >= 0.6 is 0 Å². The van der Waals surface area contributed by atoms with Crippen LogP contribution in [0.1, 0.15) is 22.3 Å². The van der Waals surface area contributed by atoms with Crippen molar-refractivity contribution >= 4 is 11.4 Å². The molecule has 0 atom stereocenters. The molecule has 5 heteroatoms. The summed E-state index contributed by atoms with van der Waals surface area (Å²) in [5, 5.41) is 3.48. The molecule has 4 rings (SSSR count). The standard InChI is InChI=1S/C24H23FN2O2/c1-17(27-29-16-18-6-9-21(25)10-7-18)22-4-2-3-5-23(22)26-15-19-8-11-24-20(14-19)12-13-28-24/h2-11,14,26-27H,1,12-13,15-16H2. The highest BCUT2D eigenvalue weighted by molar-refractivity contribution is 5.73. The molecule has 29 heavy (non-hydrogen) atoms. The van der Waals surface area contributed by atoms with Gasteiger partial charge in [0.2, 0.25) is 0 Å². The zero-order valence-corrected chi connectivity index (χ0v) is 16.1. The van der Waals surface area contributed by atoms with Gasteiger partial charge in [0.1, 0.15) is 11.6 Å². The molecule has 3 aromatic carbocycles. The van der Waals surface area contributed by atoms with Gasteiger partial charge in [-0.1, -0.05) is 49.0 Å². The predicted molar refractivity (Wildman–Crippen MR) is 113 cm³/mol. The molecular weight excluding hydrogens is 367 g/mol. The molecule has 1 heterocycles. The minimum atomic E-state index is -0.262. The highest BCUT2D eigenvalue weighted by Gasteiger charge is 2.12. The fourth-order valence-electron chi connectivity index (χ4n) is 3.29. The molecule has 0 saturated heterocycles. The highest BCUT2D eigenvalue weighted by Crippen LogP contribution is 2.27. The smallest absolute Gasteiger partial charge is 0.123 e. The van der Waals surface area contributed by atoms with E-state index in [9.17, 15) is 4.39 Å². The largest absolute Gasteiger partial charge is 0.493 e. The van der Waals surface area contributed by atoms with E-state index in [4.69, 9.17) is 9.57 Å². The molecule has 0 radical (unpaired) electrons. The van der Waals surface area contributed by atoms with Gasteiger partial charge in [0.15, 0.2) is 0 Å². The SMILES string of the molecule is C=C(NOCc1ccc(F)cc1)c1ccccc1NCc1ccc2c(c1)CCO2. The molecule has 0 aliphatic carbocycles. The van der Waals surface area contributed by atoms with E-state index in [-0.39, 0.29) is 5.82 Å². The van der Waals surface area contributed by atoms with Crippen LogP contribution in [0.15, 0.2) is 73.3 Å². The summed E-state index contributed by atoms with van der Waals surface area (Å²) in [6.45, 7) is 5.86. The number of hydroxylamine groups is 1. The molecular formula is C24H23FN2O2. The van der Waals surface area contributed by atoms with Crippen molar-refractivity contribution < 1.29 is 14.0 Å². The maximum atomic E-state index is 13.0. The fraction of sp³-hybridized carbons (Fsp3) is 0.167. The maximum Gasteiger partial charge on any atom is 0.123 e. The Kier molecular flexibility index (Phi) is 5.77. The van der Waals surface area contributed by atoms with Crippen molar-refractivity contribution in [2.75, 3.05) is 11.9 Å². The molecule has 1 aliphatic rings. The van der Waals surface area contributed by atoms with Gasteiger partial charge in [-0.15, -0.1) is 0 Å². The van der Waals surface area contributed by atoms with Crippen LogP contribution in [0.3, 0.4) is 0 Å². The fourth-order valence-corrected chi connectivity index (χ4v) is 3.29. The van der Waals surface area contributed by atoms with E-state index in [0.717, 1.165) is 35.6 Å². The molecule has 0 fully saturated rings. The van der Waals surface area contributed by atoms with Gasteiger partial charge in [0, 0.05) is 24.2 Å². The van der Waals surface area contributed by atoms with Crippen LogP contribution in [0.25, 0.3) is 5.70 Å². The summed E-state index contributed by atoms with van der Waals surface area (Å²) in [6, 6.07) is 20.5. The van der Waals surface area contributed by atoms with E-state index in [1.165, 1.54) is 23.3 Å². The maximum absolute atomic E-state index is 13.0. The molecule has 0 saturated carbocycles. The number of para-hydroxylation sites is 1. The van der Waals surface area contributed by atoms with Crippen molar-refractivity contribution in [3.8, 4) is 5.75 Å². The molecule has 0 unspecified atom stereocenters. The Morgan fingerprint density at radius 1 is 1.03 bits per heavy atom. The number of hydrogen-bond acceptors (Lipinski definition) is 4. The van der Waals surface area contributed by atoms with Gasteiger partial charge in [0.25, 0.3) is 0 Å². The lowest BCUT2D eigenvalue weighted by Gasteiger charge is -2.16. The Balaban J connectivity index is 1.35. The van der Waals surface area contributed by atoms with Gasteiger partial charge < -0.3 is 10.1 Å². The number of benzene rings is 3. The summed E-state index contributed by atoms with van der Waals surface area (Å²) in [6.07, 6.45) is 0.964. The summed E-state index contributed by atoms with van der Waals surface area (Å²) in [4.78, 5) is 5.53. The average molecular weight is 390 g/mol. The minimum Gasteiger partial charge on any atom is -0.493 e. The van der Waals surface area contributed by atoms with Crippen molar-refractivity contribution in [1.82, 2.24) is 5.48 Å². The minimum absolute atomic E-state index is 0.262. The number of hydrogen-bond donors (Lipinski definition) is 2. The van der Waals surface area contributed by atoms with E-state index in [0.29, 0.717) is 18.8 Å². The first-order valence-electron chi connectivity index (χ1n) is 9.58. The molecule has 0 bridgehead atoms. The zero-order chi connectivity index (χ0) is 20.1. The molecule has 148 valence electrons. The summed E-state index contributed by atoms with van der Waals surface area (Å²) in [5.41, 5.74) is 8.77. The van der Waals surface area contributed by atoms with Crippen LogP contribution < -0.4 is 15.5 Å². The van der Waals surface area contributed by atoms with Crippen LogP contribution in [0, 0.1) is 5.82 Å². The zero-order valence-electron chi connectivity index (χ0n) is 16.1. The molecule has 0 spiro atoms. The van der Waals surface area contributed by atoms with Crippen molar-refractivity contribution in [3.05, 3.63) is 101 Å². The lowest BCUT2D eigenvalue weighted by molar-refractivity contribution is 0.0648. The first-order chi connectivity index (χ1) is 14.2. The molecule has 2 N–H and O–H groups in total. The Hall–Kier alpha value is -3.31. The van der Waals surface area contributed by atoms with Gasteiger partial charge in [-0.05, 0) is 41.0 Å². The van der Waals surface area contributed by atoms with Crippen molar-refractivity contribution in [3.63, 3.8) is 0 Å². The Bertz CT molecular complexity index is 1000. The van der Waals surface area contributed by atoms with Crippen molar-refractivity contribution in [2.24, 2.45) is 0 Å². The topological polar surface area (TPSA) is 42.5 Å². The van der Waals surface area contributed by atoms with Gasteiger partial charge in [-0.3, -0.25) is 10.3 Å². The first-order valence-corrected chi connectivity index (χ1v) is 9.58. The average Bonchev–Trinajstić information content (AvgIpc) is 3.22. The second-order valence-corrected chi connectivity index (χ2v) is 6.94. The summed E-state index contributed by atoms with van der Waals surface area (Å²) < 4.78 is 18.5. The normalized spacial score (nSPS) is 12.2. The molecule has 3 aromatic rings. The number of anilines is 1. The number of halogens is 1. The third-order valence-corrected chi connectivity index (χ3v) is 4.84. The number of nitrogens with one attached hydrogen (secondary N) is 2. The lowest BCUT2D eigenvalue weighted by atomic mass is 10.1. The lowest BCUT2D eigenvalue weighted by Crippen LogP contribution is -2.14. The Morgan fingerprint density at radius 2 is 1.83 bits per heavy atom. The van der Waals surface area contributed by atoms with E-state index >= 15 is 0 Å². The van der Waals surface area contributed by atoms with E-state index in [2.05, 4.69) is 29.5 Å². The van der Waals surface area contributed by atoms with E-state index < -0.39 is 0 Å². The quantitative estimate of drug-likeness (QED) is 0.528. The molecule has 4 nitrogen and oxygen atoms in total. The number of fused-ring (bicyclic) bond motifs is 1. The van der Waals surface area contributed by atoms with Gasteiger partial charge in [0.05, 0.1) is 18.9 Å². The first kappa shape index (κ1) is 19.0. The highest BCUT2D eigenvalue weighted by atomic mass is 19.1. The Morgan fingerprint density at radius 3 is 2.69 bits per heavy atom. The molecule has 0 aromatic heterocycles. The van der Waals surface area contributed by atoms with Crippen molar-refractivity contribution in [1.29, 1.82) is 0 Å². The third-order valence-electron chi connectivity index (χ3n) is 4.84. The van der Waals surface area contributed by atoms with E-state index in [1.54, 1.807) is 12.1 Å². The van der Waals surface area contributed by atoms with Crippen LogP contribution in [0.4, 0.5) is 10.1 Å². The second-order valence-electron chi connectivity index (χ2n) is 6.94. The summed E-state index contributed by atoms with van der Waals surface area (Å²) in [5.74, 6) is 0.729. The number of ether oxygens (including phenoxy) is 1. The molecule has 1 aliphatic heterocycles. The van der Waals surface area contributed by atoms with Gasteiger partial charge in [-0.25, -0.2) is 4.39 Å². The third kappa shape index (κ3) is 4.76. The number of rotatable bonds is 8. The van der Waals surface area contributed by atoms with Crippen molar-refractivity contribution in [2.45, 2.75) is 19.6 Å². The van der Waals surface area contributed by atoms with Crippen LogP contribution in [0.5, 0.6) is 5.75 Å². The second kappa shape index (κ2) is 8.80.